The first-order valence-corrected chi connectivity index (χ1v) is 11.7. The summed E-state index contributed by atoms with van der Waals surface area (Å²) >= 11 is 1.39. The Kier molecular flexibility index (Phi) is 4.61. The molecule has 1 amide bonds. The average molecular weight is 391 g/mol. The first-order chi connectivity index (χ1) is 12.4. The van der Waals surface area contributed by atoms with Crippen molar-refractivity contribution in [2.24, 2.45) is 17.8 Å². The van der Waals surface area contributed by atoms with Gasteiger partial charge >= 0.3 is 0 Å². The minimum Gasteiger partial charge on any atom is -0.302 e. The number of anilines is 1. The van der Waals surface area contributed by atoms with Gasteiger partial charge in [-0.05, 0) is 49.1 Å². The molecule has 2 bridgehead atoms. The quantitative estimate of drug-likeness (QED) is 0.838. The van der Waals surface area contributed by atoms with E-state index in [0.29, 0.717) is 17.5 Å². The zero-order valence-electron chi connectivity index (χ0n) is 14.6. The SMILES string of the molecule is CS(=O)(=O)c1ccc(-c2csc(NC(=O)C[C@H]3C[C@@H]4CC[C@@H]3C4)n2)cc1. The molecule has 0 radical (unpaired) electrons. The van der Waals surface area contributed by atoms with Gasteiger partial charge in [0.25, 0.3) is 0 Å². The molecule has 0 aliphatic heterocycles. The van der Waals surface area contributed by atoms with Crippen LogP contribution in [0.25, 0.3) is 11.3 Å². The number of benzene rings is 1. The third kappa shape index (κ3) is 3.69. The molecule has 5 nitrogen and oxygen atoms in total. The summed E-state index contributed by atoms with van der Waals surface area (Å²) in [5.41, 5.74) is 1.58. The van der Waals surface area contributed by atoms with Gasteiger partial charge in [-0.3, -0.25) is 4.79 Å². The second-order valence-electron chi connectivity index (χ2n) is 7.52. The average Bonchev–Trinajstić information content (AvgIpc) is 3.31. The highest BCUT2D eigenvalue weighted by Crippen LogP contribution is 2.49. The lowest BCUT2D eigenvalue weighted by atomic mass is 9.86. The Bertz CT molecular complexity index is 919. The molecular weight excluding hydrogens is 368 g/mol. The number of carbonyl (C=O) groups is 1. The van der Waals surface area contributed by atoms with E-state index in [1.54, 1.807) is 24.3 Å². The third-order valence-electron chi connectivity index (χ3n) is 5.66. The Morgan fingerprint density at radius 2 is 2.00 bits per heavy atom. The number of amides is 1. The Morgan fingerprint density at radius 3 is 2.62 bits per heavy atom. The van der Waals surface area contributed by atoms with Crippen LogP contribution in [0.4, 0.5) is 5.13 Å². The number of hydrogen-bond acceptors (Lipinski definition) is 5. The van der Waals surface area contributed by atoms with Crippen molar-refractivity contribution in [1.29, 1.82) is 0 Å². The number of fused-ring (bicyclic) bond motifs is 2. The molecular formula is C19H22N2O3S2. The smallest absolute Gasteiger partial charge is 0.226 e. The molecule has 0 spiro atoms. The molecule has 2 saturated carbocycles. The van der Waals surface area contributed by atoms with Crippen LogP contribution in [0.3, 0.4) is 0 Å². The minimum atomic E-state index is -3.20. The number of nitrogens with zero attached hydrogens (tertiary/aromatic N) is 1. The van der Waals surface area contributed by atoms with Crippen LogP contribution in [0, 0.1) is 17.8 Å². The number of hydrogen-bond donors (Lipinski definition) is 1. The lowest BCUT2D eigenvalue weighted by Gasteiger charge is -2.20. The van der Waals surface area contributed by atoms with Crippen LogP contribution in [0.5, 0.6) is 0 Å². The van der Waals surface area contributed by atoms with E-state index in [9.17, 15) is 13.2 Å². The van der Waals surface area contributed by atoms with Crippen LogP contribution in [0.15, 0.2) is 34.5 Å². The maximum absolute atomic E-state index is 12.3. The van der Waals surface area contributed by atoms with Gasteiger partial charge in [0, 0.05) is 23.6 Å². The molecule has 4 rings (SSSR count). The summed E-state index contributed by atoms with van der Waals surface area (Å²) in [7, 11) is -3.20. The number of carbonyl (C=O) groups excluding carboxylic acids is 1. The van der Waals surface area contributed by atoms with Gasteiger partial charge in [0.1, 0.15) is 0 Å². The van der Waals surface area contributed by atoms with Gasteiger partial charge in [0.15, 0.2) is 15.0 Å². The van der Waals surface area contributed by atoms with Gasteiger partial charge < -0.3 is 5.32 Å². The van der Waals surface area contributed by atoms with Crippen LogP contribution in [0.2, 0.25) is 0 Å². The second kappa shape index (κ2) is 6.78. The number of sulfone groups is 1. The Balaban J connectivity index is 1.39. The van der Waals surface area contributed by atoms with E-state index in [1.807, 2.05) is 5.38 Å². The lowest BCUT2D eigenvalue weighted by Crippen LogP contribution is -2.20. The maximum atomic E-state index is 12.3. The van der Waals surface area contributed by atoms with Crippen molar-refractivity contribution in [3.63, 3.8) is 0 Å². The summed E-state index contributed by atoms with van der Waals surface area (Å²) in [6.45, 7) is 0. The third-order valence-corrected chi connectivity index (χ3v) is 7.55. The number of aromatic nitrogens is 1. The Labute approximate surface area is 157 Å². The van der Waals surface area contributed by atoms with E-state index in [-0.39, 0.29) is 10.8 Å². The lowest BCUT2D eigenvalue weighted by molar-refractivity contribution is -0.117. The van der Waals surface area contributed by atoms with E-state index >= 15 is 0 Å². The van der Waals surface area contributed by atoms with Gasteiger partial charge in [-0.25, -0.2) is 13.4 Å². The van der Waals surface area contributed by atoms with E-state index in [2.05, 4.69) is 10.3 Å². The standard InChI is InChI=1S/C19H22N2O3S2/c1-26(23,24)16-6-4-13(5-7-16)17-11-25-19(20-17)21-18(22)10-15-9-12-2-3-14(15)8-12/h4-7,11-12,14-15H,2-3,8-10H2,1H3,(H,20,21,22)/t12-,14-,15-/m1/s1. The van der Waals surface area contributed by atoms with Crippen molar-refractivity contribution < 1.29 is 13.2 Å². The summed E-state index contributed by atoms with van der Waals surface area (Å²) < 4.78 is 23.1. The molecule has 0 saturated heterocycles. The molecule has 26 heavy (non-hydrogen) atoms. The van der Waals surface area contributed by atoms with Crippen molar-refractivity contribution in [2.75, 3.05) is 11.6 Å². The molecule has 0 unspecified atom stereocenters. The molecule has 1 N–H and O–H groups in total. The fourth-order valence-electron chi connectivity index (χ4n) is 4.37. The molecule has 7 heteroatoms. The highest BCUT2D eigenvalue weighted by Gasteiger charge is 2.40. The Hall–Kier alpha value is -1.73. The molecule has 2 aliphatic carbocycles. The number of rotatable bonds is 5. The van der Waals surface area contributed by atoms with Gasteiger partial charge in [-0.2, -0.15) is 0 Å². The van der Waals surface area contributed by atoms with E-state index < -0.39 is 9.84 Å². The van der Waals surface area contributed by atoms with Crippen molar-refractivity contribution in [3.8, 4) is 11.3 Å². The van der Waals surface area contributed by atoms with Crippen molar-refractivity contribution >= 4 is 32.2 Å². The van der Waals surface area contributed by atoms with Crippen LogP contribution in [0.1, 0.15) is 32.1 Å². The molecule has 2 fully saturated rings. The summed E-state index contributed by atoms with van der Waals surface area (Å²) in [6, 6.07) is 6.65. The largest absolute Gasteiger partial charge is 0.302 e. The molecule has 1 heterocycles. The highest BCUT2D eigenvalue weighted by molar-refractivity contribution is 7.90. The van der Waals surface area contributed by atoms with Gasteiger partial charge in [0.05, 0.1) is 10.6 Å². The van der Waals surface area contributed by atoms with E-state index in [4.69, 9.17) is 0 Å². The fourth-order valence-corrected chi connectivity index (χ4v) is 5.74. The van der Waals surface area contributed by atoms with E-state index in [0.717, 1.165) is 23.1 Å². The molecule has 2 aliphatic rings. The van der Waals surface area contributed by atoms with Gasteiger partial charge in [-0.1, -0.05) is 18.6 Å². The minimum absolute atomic E-state index is 0.0517. The van der Waals surface area contributed by atoms with Crippen LogP contribution in [-0.4, -0.2) is 25.6 Å². The molecule has 3 atom stereocenters. The van der Waals surface area contributed by atoms with Gasteiger partial charge in [0.2, 0.25) is 5.91 Å². The van der Waals surface area contributed by atoms with Crippen molar-refractivity contribution in [3.05, 3.63) is 29.6 Å². The summed E-state index contributed by atoms with van der Waals surface area (Å²) in [5, 5.41) is 5.40. The monoisotopic (exact) mass is 390 g/mol. The molecule has 2 aromatic rings. The normalized spacial score (nSPS) is 24.7. The predicted molar refractivity (Wildman–Crippen MR) is 103 cm³/mol. The molecule has 1 aromatic heterocycles. The molecule has 1 aromatic carbocycles. The van der Waals surface area contributed by atoms with Crippen LogP contribution in [-0.2, 0) is 14.6 Å². The van der Waals surface area contributed by atoms with Crippen molar-refractivity contribution in [1.82, 2.24) is 4.98 Å². The van der Waals surface area contributed by atoms with E-state index in [1.165, 1.54) is 43.3 Å². The fraction of sp³-hybridized carbons (Fsp3) is 0.474. The predicted octanol–water partition coefficient (Wildman–Crippen LogP) is 3.98. The summed E-state index contributed by atoms with van der Waals surface area (Å²) in [6.07, 6.45) is 6.93. The number of nitrogens with one attached hydrogen (secondary N) is 1. The van der Waals surface area contributed by atoms with Crippen molar-refractivity contribution in [2.45, 2.75) is 37.0 Å². The summed E-state index contributed by atoms with van der Waals surface area (Å²) in [5.74, 6) is 2.18. The molecule has 138 valence electrons. The number of thiazole rings is 1. The van der Waals surface area contributed by atoms with Gasteiger partial charge in [-0.15, -0.1) is 11.3 Å². The van der Waals surface area contributed by atoms with Crippen LogP contribution < -0.4 is 5.32 Å². The zero-order valence-corrected chi connectivity index (χ0v) is 16.3. The highest BCUT2D eigenvalue weighted by atomic mass is 32.2. The summed E-state index contributed by atoms with van der Waals surface area (Å²) in [4.78, 5) is 17.1. The maximum Gasteiger partial charge on any atom is 0.226 e. The first kappa shape index (κ1) is 17.7. The first-order valence-electron chi connectivity index (χ1n) is 8.94. The Morgan fingerprint density at radius 1 is 1.23 bits per heavy atom. The second-order valence-corrected chi connectivity index (χ2v) is 10.4. The topological polar surface area (TPSA) is 76.1 Å². The van der Waals surface area contributed by atoms with Crippen LogP contribution >= 0.6 is 11.3 Å². The zero-order chi connectivity index (χ0) is 18.3.